The van der Waals surface area contributed by atoms with Crippen LogP contribution >= 0.6 is 15.9 Å². The van der Waals surface area contributed by atoms with Gasteiger partial charge in [0.1, 0.15) is 18.1 Å². The fourth-order valence-electron chi connectivity index (χ4n) is 4.09. The van der Waals surface area contributed by atoms with Crippen molar-refractivity contribution in [3.63, 3.8) is 0 Å². The number of ketones is 1. The van der Waals surface area contributed by atoms with E-state index in [1.807, 2.05) is 24.3 Å². The molecule has 2 aliphatic rings. The van der Waals surface area contributed by atoms with Gasteiger partial charge in [-0.15, -0.1) is 0 Å². The highest BCUT2D eigenvalue weighted by molar-refractivity contribution is 9.10. The monoisotopic (exact) mass is 497 g/mol. The summed E-state index contributed by atoms with van der Waals surface area (Å²) in [7, 11) is 0. The summed E-state index contributed by atoms with van der Waals surface area (Å²) in [5.41, 5.74) is 1.26. The van der Waals surface area contributed by atoms with Crippen molar-refractivity contribution < 1.29 is 24.2 Å². The zero-order valence-electron chi connectivity index (χ0n) is 17.5. The van der Waals surface area contributed by atoms with Gasteiger partial charge in [-0.05, 0) is 54.8 Å². The van der Waals surface area contributed by atoms with Crippen LogP contribution in [0.5, 0.6) is 5.75 Å². The van der Waals surface area contributed by atoms with Crippen LogP contribution in [0.4, 0.5) is 0 Å². The minimum absolute atomic E-state index is 0.0788. The summed E-state index contributed by atoms with van der Waals surface area (Å²) in [6.07, 6.45) is 3.29. The minimum atomic E-state index is -0.694. The van der Waals surface area contributed by atoms with Crippen molar-refractivity contribution in [2.45, 2.75) is 25.0 Å². The fraction of sp³-hybridized carbons (Fsp3) is 0.280. The maximum Gasteiger partial charge on any atom is 0.295 e. The minimum Gasteiger partial charge on any atom is -0.507 e. The predicted molar refractivity (Wildman–Crippen MR) is 124 cm³/mol. The Hall–Kier alpha value is -2.90. The Kier molecular flexibility index (Phi) is 6.77. The van der Waals surface area contributed by atoms with Crippen LogP contribution < -0.4 is 4.74 Å². The molecule has 0 spiro atoms. The van der Waals surface area contributed by atoms with E-state index in [1.54, 1.807) is 30.3 Å². The zero-order valence-corrected chi connectivity index (χ0v) is 19.1. The number of likely N-dealkylation sites (tertiary alicyclic amines) is 1. The van der Waals surface area contributed by atoms with E-state index < -0.39 is 17.7 Å². The first kappa shape index (κ1) is 22.3. The number of carbonyl (C=O) groups excluding carboxylic acids is 2. The van der Waals surface area contributed by atoms with Gasteiger partial charge >= 0.3 is 0 Å². The molecule has 2 aromatic rings. The summed E-state index contributed by atoms with van der Waals surface area (Å²) in [4.78, 5) is 27.6. The Bertz CT molecular complexity index is 1040. The lowest BCUT2D eigenvalue weighted by atomic mass is 9.95. The lowest BCUT2D eigenvalue weighted by molar-refractivity contribution is -0.140. The quantitative estimate of drug-likeness (QED) is 0.261. The van der Waals surface area contributed by atoms with Gasteiger partial charge in [-0.25, -0.2) is 0 Å². The molecule has 166 valence electrons. The second-order valence-electron chi connectivity index (χ2n) is 7.76. The number of hydrogen-bond acceptors (Lipinski definition) is 5. The highest BCUT2D eigenvalue weighted by Crippen LogP contribution is 2.40. The number of Topliss-reactive ketones (excluding diaryl/α,β-unsaturated/α-hetero) is 1. The Morgan fingerprint density at radius 1 is 1.19 bits per heavy atom. The average molecular weight is 498 g/mol. The molecular weight excluding hydrogens is 474 g/mol. The summed E-state index contributed by atoms with van der Waals surface area (Å²) in [5.74, 6) is -0.910. The van der Waals surface area contributed by atoms with E-state index in [-0.39, 0.29) is 17.4 Å². The van der Waals surface area contributed by atoms with Gasteiger partial charge in [0.15, 0.2) is 0 Å². The first-order chi connectivity index (χ1) is 15.5. The molecule has 0 bridgehead atoms. The van der Waals surface area contributed by atoms with Gasteiger partial charge in [0, 0.05) is 23.2 Å². The van der Waals surface area contributed by atoms with Gasteiger partial charge in [-0.2, -0.15) is 0 Å². The van der Waals surface area contributed by atoms with Gasteiger partial charge in [-0.3, -0.25) is 9.59 Å². The highest BCUT2D eigenvalue weighted by atomic mass is 79.9. The summed E-state index contributed by atoms with van der Waals surface area (Å²) in [6.45, 7) is 4.93. The number of rotatable bonds is 7. The van der Waals surface area contributed by atoms with E-state index in [0.717, 1.165) is 22.9 Å². The number of aliphatic hydroxyl groups excluding tert-OH is 1. The molecule has 2 fully saturated rings. The summed E-state index contributed by atoms with van der Waals surface area (Å²) in [6, 6.07) is 13.5. The van der Waals surface area contributed by atoms with Crippen LogP contribution in [0.25, 0.3) is 5.76 Å². The molecule has 2 aromatic carbocycles. The maximum atomic E-state index is 13.1. The number of ether oxygens (including phenoxy) is 2. The third kappa shape index (κ3) is 4.49. The third-order valence-corrected chi connectivity index (χ3v) is 6.17. The first-order valence-electron chi connectivity index (χ1n) is 10.5. The number of nitrogens with zero attached hydrogens (tertiary/aromatic N) is 1. The molecule has 2 atom stereocenters. The number of benzene rings is 2. The largest absolute Gasteiger partial charge is 0.507 e. The van der Waals surface area contributed by atoms with Gasteiger partial charge in [0.05, 0.1) is 17.7 Å². The molecule has 7 heteroatoms. The second-order valence-corrected chi connectivity index (χ2v) is 8.68. The van der Waals surface area contributed by atoms with Crippen LogP contribution in [0.2, 0.25) is 0 Å². The molecule has 2 heterocycles. The van der Waals surface area contributed by atoms with Crippen molar-refractivity contribution in [1.82, 2.24) is 4.90 Å². The van der Waals surface area contributed by atoms with Crippen molar-refractivity contribution >= 4 is 33.4 Å². The Labute approximate surface area is 195 Å². The average Bonchev–Trinajstić information content (AvgIpc) is 3.41. The predicted octanol–water partition coefficient (Wildman–Crippen LogP) is 4.61. The highest BCUT2D eigenvalue weighted by Gasteiger charge is 2.47. The van der Waals surface area contributed by atoms with E-state index in [2.05, 4.69) is 22.5 Å². The molecule has 0 saturated carbocycles. The summed E-state index contributed by atoms with van der Waals surface area (Å²) >= 11 is 3.42. The molecule has 0 aliphatic carbocycles. The Morgan fingerprint density at radius 3 is 2.53 bits per heavy atom. The number of hydrogen-bond donors (Lipinski definition) is 1. The number of halogens is 1. The topological polar surface area (TPSA) is 76.1 Å². The van der Waals surface area contributed by atoms with Gasteiger partial charge in [0.2, 0.25) is 0 Å². The second kappa shape index (κ2) is 9.71. The zero-order chi connectivity index (χ0) is 22.7. The number of carbonyl (C=O) groups is 2. The van der Waals surface area contributed by atoms with Crippen LogP contribution in [0.3, 0.4) is 0 Å². The van der Waals surface area contributed by atoms with Gasteiger partial charge in [0.25, 0.3) is 11.7 Å². The van der Waals surface area contributed by atoms with Crippen LogP contribution in [-0.4, -0.2) is 47.6 Å². The van der Waals surface area contributed by atoms with Crippen LogP contribution in [0.1, 0.15) is 30.0 Å². The molecular formula is C25H24BrNO5. The summed E-state index contributed by atoms with van der Waals surface area (Å²) in [5, 5.41) is 11.1. The van der Waals surface area contributed by atoms with E-state index in [1.165, 1.54) is 4.90 Å². The number of aliphatic hydroxyl groups is 1. The molecule has 2 saturated heterocycles. The van der Waals surface area contributed by atoms with Crippen molar-refractivity contribution in [3.8, 4) is 5.75 Å². The van der Waals surface area contributed by atoms with Crippen LogP contribution in [-0.2, 0) is 14.3 Å². The smallest absolute Gasteiger partial charge is 0.295 e. The maximum absolute atomic E-state index is 13.1. The van der Waals surface area contributed by atoms with E-state index >= 15 is 0 Å². The standard InChI is InChI=1S/C25H24BrNO5/c1-2-13-31-19-11-7-17(8-12-19)23(28)21-22(16-5-9-18(26)10-6-16)27(25(30)24(21)29)15-20-4-3-14-32-20/h2,5-12,20,22,28H,1,3-4,13-15H2/t20-,22-/m1/s1. The van der Waals surface area contributed by atoms with Gasteiger partial charge in [-0.1, -0.05) is 40.7 Å². The molecule has 2 aliphatic heterocycles. The molecule has 0 unspecified atom stereocenters. The van der Waals surface area contributed by atoms with Crippen molar-refractivity contribution in [3.05, 3.63) is 82.4 Å². The Balaban J connectivity index is 1.74. The molecule has 1 N–H and O–H groups in total. The SMILES string of the molecule is C=CCOc1ccc(C(O)=C2C(=O)C(=O)N(C[C@H]3CCCO3)[C@@H]2c2ccc(Br)cc2)cc1. The molecule has 6 nitrogen and oxygen atoms in total. The van der Waals surface area contributed by atoms with Crippen LogP contribution in [0, 0.1) is 0 Å². The van der Waals surface area contributed by atoms with E-state index in [0.29, 0.717) is 31.1 Å². The molecule has 0 aromatic heterocycles. The third-order valence-electron chi connectivity index (χ3n) is 5.65. The number of amides is 1. The molecule has 4 rings (SSSR count). The van der Waals surface area contributed by atoms with Crippen molar-refractivity contribution in [2.75, 3.05) is 19.8 Å². The molecule has 32 heavy (non-hydrogen) atoms. The molecule has 1 amide bonds. The first-order valence-corrected chi connectivity index (χ1v) is 11.3. The molecule has 0 radical (unpaired) electrons. The van der Waals surface area contributed by atoms with Crippen molar-refractivity contribution in [2.24, 2.45) is 0 Å². The van der Waals surface area contributed by atoms with Gasteiger partial charge < -0.3 is 19.5 Å². The normalized spacial score (nSPS) is 22.3. The fourth-order valence-corrected chi connectivity index (χ4v) is 4.35. The lowest BCUT2D eigenvalue weighted by Gasteiger charge is -2.27. The summed E-state index contributed by atoms with van der Waals surface area (Å²) < 4.78 is 12.1. The van der Waals surface area contributed by atoms with Crippen LogP contribution in [0.15, 0.2) is 71.2 Å². The Morgan fingerprint density at radius 2 is 1.91 bits per heavy atom. The van der Waals surface area contributed by atoms with E-state index in [9.17, 15) is 14.7 Å². The van der Waals surface area contributed by atoms with Crippen molar-refractivity contribution in [1.29, 1.82) is 0 Å². The van der Waals surface area contributed by atoms with E-state index in [4.69, 9.17) is 9.47 Å². The lowest BCUT2D eigenvalue weighted by Crippen LogP contribution is -2.36.